The molecule has 6 heteroatoms. The second kappa shape index (κ2) is 8.45. The van der Waals surface area contributed by atoms with Crippen LogP contribution in [0.1, 0.15) is 31.1 Å². The van der Waals surface area contributed by atoms with Gasteiger partial charge in [-0.3, -0.25) is 9.63 Å². The Labute approximate surface area is 123 Å². The molecule has 1 aromatic rings. The summed E-state index contributed by atoms with van der Waals surface area (Å²) in [5.74, 6) is 1.73. The predicted molar refractivity (Wildman–Crippen MR) is 80.8 cm³/mol. The van der Waals surface area contributed by atoms with Gasteiger partial charge in [0.25, 0.3) is 5.91 Å². The summed E-state index contributed by atoms with van der Waals surface area (Å²) < 4.78 is 0. The lowest BCUT2D eigenvalue weighted by molar-refractivity contribution is -0.100. The first-order chi connectivity index (χ1) is 9.12. The van der Waals surface area contributed by atoms with Gasteiger partial charge in [-0.1, -0.05) is 13.8 Å². The lowest BCUT2D eigenvalue weighted by atomic mass is 10.2. The first kappa shape index (κ1) is 16.3. The van der Waals surface area contributed by atoms with Gasteiger partial charge in [-0.15, -0.1) is 23.5 Å². The standard InChI is InChI=1S/C13H20N2O2S2/c1-5-17-15(4)13(16)10-8-11(18-6-2)14-12(9-10)19-7-3/h8-9H,5-7H2,1-4H3. The van der Waals surface area contributed by atoms with Crippen LogP contribution in [0, 0.1) is 0 Å². The van der Waals surface area contributed by atoms with Crippen molar-refractivity contribution < 1.29 is 9.63 Å². The number of nitrogens with zero attached hydrogens (tertiary/aromatic N) is 2. The summed E-state index contributed by atoms with van der Waals surface area (Å²) in [6.45, 7) is 6.47. The van der Waals surface area contributed by atoms with Crippen molar-refractivity contribution in [1.82, 2.24) is 10.0 Å². The van der Waals surface area contributed by atoms with Crippen LogP contribution in [0.15, 0.2) is 22.2 Å². The van der Waals surface area contributed by atoms with Gasteiger partial charge in [-0.2, -0.15) is 0 Å². The van der Waals surface area contributed by atoms with E-state index < -0.39 is 0 Å². The zero-order chi connectivity index (χ0) is 14.3. The highest BCUT2D eigenvalue weighted by atomic mass is 32.2. The Morgan fingerprint density at radius 3 is 2.16 bits per heavy atom. The third kappa shape index (κ3) is 5.04. The van der Waals surface area contributed by atoms with Gasteiger partial charge in [0.2, 0.25) is 0 Å². The van der Waals surface area contributed by atoms with E-state index in [2.05, 4.69) is 18.8 Å². The van der Waals surface area contributed by atoms with Gasteiger partial charge in [-0.25, -0.2) is 10.0 Å². The maximum Gasteiger partial charge on any atom is 0.277 e. The first-order valence-corrected chi connectivity index (χ1v) is 8.28. The number of carbonyl (C=O) groups excluding carboxylic acids is 1. The van der Waals surface area contributed by atoms with Gasteiger partial charge in [0.15, 0.2) is 0 Å². The van der Waals surface area contributed by atoms with Gasteiger partial charge in [0.05, 0.1) is 16.7 Å². The number of rotatable bonds is 7. The molecule has 4 nitrogen and oxygen atoms in total. The lowest BCUT2D eigenvalue weighted by Gasteiger charge is -2.16. The van der Waals surface area contributed by atoms with Crippen LogP contribution in [-0.2, 0) is 4.84 Å². The molecule has 1 heterocycles. The smallest absolute Gasteiger partial charge is 0.271 e. The summed E-state index contributed by atoms with van der Waals surface area (Å²) >= 11 is 3.27. The maximum atomic E-state index is 12.2. The van der Waals surface area contributed by atoms with E-state index in [0.717, 1.165) is 21.6 Å². The molecule has 19 heavy (non-hydrogen) atoms. The Morgan fingerprint density at radius 1 is 1.21 bits per heavy atom. The number of amides is 1. The van der Waals surface area contributed by atoms with E-state index in [9.17, 15) is 4.79 Å². The van der Waals surface area contributed by atoms with E-state index in [0.29, 0.717) is 12.2 Å². The average molecular weight is 300 g/mol. The number of hydroxylamine groups is 2. The van der Waals surface area contributed by atoms with Crippen molar-refractivity contribution in [3.63, 3.8) is 0 Å². The minimum absolute atomic E-state index is 0.139. The topological polar surface area (TPSA) is 42.4 Å². The monoisotopic (exact) mass is 300 g/mol. The molecule has 1 aromatic heterocycles. The molecule has 0 atom stereocenters. The SMILES string of the molecule is CCON(C)C(=O)c1cc(SCC)nc(SCC)c1. The molecule has 0 radical (unpaired) electrons. The molecule has 0 aliphatic rings. The molecule has 1 amide bonds. The molecule has 0 aliphatic heterocycles. The highest BCUT2D eigenvalue weighted by molar-refractivity contribution is 7.99. The van der Waals surface area contributed by atoms with Crippen molar-refractivity contribution in [3.8, 4) is 0 Å². The molecule has 0 bridgehead atoms. The number of thioether (sulfide) groups is 2. The molecule has 106 valence electrons. The Hall–Kier alpha value is -0.720. The van der Waals surface area contributed by atoms with Gasteiger partial charge >= 0.3 is 0 Å². The van der Waals surface area contributed by atoms with Gasteiger partial charge < -0.3 is 0 Å². The molecular weight excluding hydrogens is 280 g/mol. The van der Waals surface area contributed by atoms with E-state index in [1.807, 2.05) is 19.1 Å². The summed E-state index contributed by atoms with van der Waals surface area (Å²) in [5, 5.41) is 3.04. The molecule has 0 saturated heterocycles. The fraction of sp³-hybridized carbons (Fsp3) is 0.538. The van der Waals surface area contributed by atoms with Crippen molar-refractivity contribution in [2.45, 2.75) is 30.8 Å². The molecule has 0 N–H and O–H groups in total. The van der Waals surface area contributed by atoms with Gasteiger partial charge in [-0.05, 0) is 30.6 Å². The van der Waals surface area contributed by atoms with Crippen LogP contribution >= 0.6 is 23.5 Å². The van der Waals surface area contributed by atoms with Crippen LogP contribution in [0.3, 0.4) is 0 Å². The molecule has 0 aliphatic carbocycles. The van der Waals surface area contributed by atoms with Crippen LogP contribution in [0.25, 0.3) is 0 Å². The number of pyridine rings is 1. The molecule has 0 fully saturated rings. The normalized spacial score (nSPS) is 10.5. The maximum absolute atomic E-state index is 12.2. The molecule has 0 spiro atoms. The quantitative estimate of drug-likeness (QED) is 0.571. The summed E-state index contributed by atoms with van der Waals surface area (Å²) in [5.41, 5.74) is 0.623. The van der Waals surface area contributed by atoms with Gasteiger partial charge in [0, 0.05) is 12.6 Å². The van der Waals surface area contributed by atoms with Crippen molar-refractivity contribution in [1.29, 1.82) is 0 Å². The van der Waals surface area contributed by atoms with Crippen LogP contribution in [0.2, 0.25) is 0 Å². The third-order valence-electron chi connectivity index (χ3n) is 2.22. The second-order valence-corrected chi connectivity index (χ2v) is 6.19. The van der Waals surface area contributed by atoms with E-state index in [4.69, 9.17) is 4.84 Å². The highest BCUT2D eigenvalue weighted by Gasteiger charge is 2.15. The average Bonchev–Trinajstić information content (AvgIpc) is 2.38. The molecule has 0 saturated carbocycles. The van der Waals surface area contributed by atoms with E-state index in [1.165, 1.54) is 5.06 Å². The van der Waals surface area contributed by atoms with Gasteiger partial charge in [0.1, 0.15) is 0 Å². The molecule has 0 unspecified atom stereocenters. The van der Waals surface area contributed by atoms with Crippen molar-refractivity contribution in [2.75, 3.05) is 25.2 Å². The minimum Gasteiger partial charge on any atom is -0.271 e. The fourth-order valence-electron chi connectivity index (χ4n) is 1.48. The molecule has 0 aromatic carbocycles. The van der Waals surface area contributed by atoms with Crippen LogP contribution in [-0.4, -0.2) is 41.1 Å². The summed E-state index contributed by atoms with van der Waals surface area (Å²) in [6.07, 6.45) is 0. The van der Waals surface area contributed by atoms with Crippen LogP contribution < -0.4 is 0 Å². The molecular formula is C13H20N2O2S2. The zero-order valence-electron chi connectivity index (χ0n) is 11.8. The minimum atomic E-state index is -0.139. The Morgan fingerprint density at radius 2 is 1.74 bits per heavy atom. The molecule has 1 rings (SSSR count). The summed E-state index contributed by atoms with van der Waals surface area (Å²) in [7, 11) is 1.63. The van der Waals surface area contributed by atoms with Crippen molar-refractivity contribution >= 4 is 29.4 Å². The fourth-order valence-corrected chi connectivity index (χ4v) is 2.88. The zero-order valence-corrected chi connectivity index (χ0v) is 13.4. The largest absolute Gasteiger partial charge is 0.277 e. The highest BCUT2D eigenvalue weighted by Crippen LogP contribution is 2.24. The Bertz CT molecular complexity index is 403. The van der Waals surface area contributed by atoms with Crippen LogP contribution in [0.4, 0.5) is 0 Å². The summed E-state index contributed by atoms with van der Waals surface area (Å²) in [4.78, 5) is 21.9. The number of hydrogen-bond donors (Lipinski definition) is 0. The Kier molecular flexibility index (Phi) is 7.27. The van der Waals surface area contributed by atoms with E-state index in [-0.39, 0.29) is 5.91 Å². The van der Waals surface area contributed by atoms with E-state index >= 15 is 0 Å². The van der Waals surface area contributed by atoms with Crippen molar-refractivity contribution in [3.05, 3.63) is 17.7 Å². The lowest BCUT2D eigenvalue weighted by Crippen LogP contribution is -2.27. The van der Waals surface area contributed by atoms with E-state index in [1.54, 1.807) is 30.6 Å². The van der Waals surface area contributed by atoms with Crippen LogP contribution in [0.5, 0.6) is 0 Å². The predicted octanol–water partition coefficient (Wildman–Crippen LogP) is 3.33. The number of carbonyl (C=O) groups is 1. The first-order valence-electron chi connectivity index (χ1n) is 6.31. The number of aromatic nitrogens is 1. The third-order valence-corrected chi connectivity index (χ3v) is 3.81. The number of hydrogen-bond acceptors (Lipinski definition) is 5. The summed E-state index contributed by atoms with van der Waals surface area (Å²) in [6, 6.07) is 3.65. The van der Waals surface area contributed by atoms with Crippen molar-refractivity contribution in [2.24, 2.45) is 0 Å². The second-order valence-electron chi connectivity index (χ2n) is 3.62. The Balaban J connectivity index is 3.00.